The van der Waals surface area contributed by atoms with Crippen LogP contribution in [-0.4, -0.2) is 9.55 Å². The number of pyridine rings is 1. The van der Waals surface area contributed by atoms with E-state index in [2.05, 4.69) is 102 Å². The van der Waals surface area contributed by atoms with E-state index in [1.807, 2.05) is 48.7 Å². The number of hydrogen-bond donors (Lipinski definition) is 0. The second kappa shape index (κ2) is 9.37. The molecule has 0 unspecified atom stereocenters. The molecular formula is C42H24N2O2. The third-order valence-corrected chi connectivity index (χ3v) is 9.42. The van der Waals surface area contributed by atoms with Crippen LogP contribution in [0.4, 0.5) is 0 Å². The van der Waals surface area contributed by atoms with Gasteiger partial charge in [-0.3, -0.25) is 9.78 Å². The molecule has 214 valence electrons. The van der Waals surface area contributed by atoms with E-state index in [9.17, 15) is 4.79 Å². The van der Waals surface area contributed by atoms with Crippen molar-refractivity contribution in [2.75, 3.05) is 0 Å². The fourth-order valence-corrected chi connectivity index (χ4v) is 7.39. The lowest BCUT2D eigenvalue weighted by molar-refractivity contribution is 0.660. The van der Waals surface area contributed by atoms with Gasteiger partial charge < -0.3 is 8.98 Å². The van der Waals surface area contributed by atoms with Crippen LogP contribution < -0.4 is 5.43 Å². The van der Waals surface area contributed by atoms with Crippen LogP contribution in [0.5, 0.6) is 0 Å². The van der Waals surface area contributed by atoms with E-state index in [-0.39, 0.29) is 5.43 Å². The minimum Gasteiger partial charge on any atom is -0.456 e. The number of para-hydroxylation sites is 3. The van der Waals surface area contributed by atoms with Crippen molar-refractivity contribution in [2.24, 2.45) is 0 Å². The zero-order valence-corrected chi connectivity index (χ0v) is 24.6. The number of fused-ring (bicyclic) bond motifs is 13. The van der Waals surface area contributed by atoms with Gasteiger partial charge in [0.05, 0.1) is 27.5 Å². The molecule has 3 aromatic heterocycles. The third kappa shape index (κ3) is 3.44. The predicted molar refractivity (Wildman–Crippen MR) is 187 cm³/mol. The first-order valence-corrected chi connectivity index (χ1v) is 15.4. The fraction of sp³-hybridized carbons (Fsp3) is 0. The summed E-state index contributed by atoms with van der Waals surface area (Å²) in [5.41, 5.74) is 12.6. The van der Waals surface area contributed by atoms with Gasteiger partial charge in [-0.15, -0.1) is 0 Å². The van der Waals surface area contributed by atoms with E-state index in [0.29, 0.717) is 21.9 Å². The summed E-state index contributed by atoms with van der Waals surface area (Å²) in [6.07, 6.45) is 1.83. The van der Waals surface area contributed by atoms with Crippen molar-refractivity contribution >= 4 is 43.7 Å². The van der Waals surface area contributed by atoms with Crippen LogP contribution in [0.2, 0.25) is 0 Å². The number of rotatable bonds is 1. The van der Waals surface area contributed by atoms with Crippen LogP contribution in [0.3, 0.4) is 0 Å². The summed E-state index contributed by atoms with van der Waals surface area (Å²) in [4.78, 5) is 18.8. The van der Waals surface area contributed by atoms with Gasteiger partial charge in [0.1, 0.15) is 11.2 Å². The Labute approximate surface area is 263 Å². The topological polar surface area (TPSA) is 48.0 Å². The van der Waals surface area contributed by atoms with Gasteiger partial charge in [-0.2, -0.15) is 0 Å². The number of nitrogens with zero attached hydrogens (tertiary/aromatic N) is 2. The Morgan fingerprint density at radius 1 is 0.457 bits per heavy atom. The molecule has 1 aliphatic carbocycles. The molecule has 0 saturated carbocycles. The standard InChI is InChI=1S/C42H24N2O2/c45-42-32-14-5-8-18-39(32)46-40-24-35-34(23-36(40)42)28-20-19-25(44-37-16-6-3-12-29(37)30-13-4-7-17-38(30)44)22-33(28)27-11-2-1-10-26(27)31-15-9-21-43-41(31)35/h1-24H. The van der Waals surface area contributed by atoms with Crippen molar-refractivity contribution < 1.29 is 4.42 Å². The van der Waals surface area contributed by atoms with Gasteiger partial charge in [0, 0.05) is 33.8 Å². The SMILES string of the molecule is O=c1c2ccccc2oc2cc3c(cc12)-c1ccc(-n2c4ccccc4c4ccccc42)cc1-c1ccccc1-c1cccnc1-3. The van der Waals surface area contributed by atoms with E-state index in [1.54, 1.807) is 0 Å². The maximum Gasteiger partial charge on any atom is 0.200 e. The highest BCUT2D eigenvalue weighted by Gasteiger charge is 2.25. The first kappa shape index (κ1) is 25.1. The molecule has 1 aliphatic rings. The smallest absolute Gasteiger partial charge is 0.200 e. The molecule has 3 heterocycles. The predicted octanol–water partition coefficient (Wildman–Crippen LogP) is 10.4. The lowest BCUT2D eigenvalue weighted by Crippen LogP contribution is -2.05. The molecule has 0 spiro atoms. The van der Waals surface area contributed by atoms with Gasteiger partial charge in [0.2, 0.25) is 5.43 Å². The van der Waals surface area contributed by atoms with Crippen LogP contribution in [0.1, 0.15) is 0 Å². The minimum absolute atomic E-state index is 0.0354. The molecular weight excluding hydrogens is 564 g/mol. The Hall–Kier alpha value is -6.26. The van der Waals surface area contributed by atoms with Crippen molar-refractivity contribution in [2.45, 2.75) is 0 Å². The third-order valence-electron chi connectivity index (χ3n) is 9.42. The molecule has 9 aromatic rings. The van der Waals surface area contributed by atoms with Crippen LogP contribution in [0.25, 0.3) is 94.1 Å². The first-order chi connectivity index (χ1) is 22.7. The van der Waals surface area contributed by atoms with Gasteiger partial charge in [-0.1, -0.05) is 84.9 Å². The summed E-state index contributed by atoms with van der Waals surface area (Å²) in [7, 11) is 0. The highest BCUT2D eigenvalue weighted by atomic mass is 16.3. The molecule has 0 bridgehead atoms. The lowest BCUT2D eigenvalue weighted by atomic mass is 9.82. The van der Waals surface area contributed by atoms with Crippen molar-refractivity contribution in [3.63, 3.8) is 0 Å². The highest BCUT2D eigenvalue weighted by Crippen LogP contribution is 2.48. The van der Waals surface area contributed by atoms with Crippen LogP contribution in [-0.2, 0) is 0 Å². The Balaban J connectivity index is 1.35. The molecule has 0 fully saturated rings. The van der Waals surface area contributed by atoms with Crippen molar-refractivity contribution in [1.29, 1.82) is 0 Å². The Morgan fingerprint density at radius 2 is 1.07 bits per heavy atom. The van der Waals surface area contributed by atoms with Gasteiger partial charge >= 0.3 is 0 Å². The summed E-state index contributed by atoms with van der Waals surface area (Å²) in [6, 6.07) is 48.0. The van der Waals surface area contributed by atoms with E-state index >= 15 is 0 Å². The minimum atomic E-state index is -0.0354. The average molecular weight is 589 g/mol. The van der Waals surface area contributed by atoms with Gasteiger partial charge in [0.15, 0.2) is 0 Å². The second-order valence-electron chi connectivity index (χ2n) is 11.9. The molecule has 4 heteroatoms. The van der Waals surface area contributed by atoms with Crippen molar-refractivity contribution in [3.8, 4) is 50.3 Å². The zero-order chi connectivity index (χ0) is 30.4. The molecule has 46 heavy (non-hydrogen) atoms. The van der Waals surface area contributed by atoms with Gasteiger partial charge in [-0.05, 0) is 82.4 Å². The highest BCUT2D eigenvalue weighted by molar-refractivity contribution is 6.10. The van der Waals surface area contributed by atoms with Crippen molar-refractivity contribution in [1.82, 2.24) is 9.55 Å². The molecule has 0 saturated heterocycles. The largest absolute Gasteiger partial charge is 0.456 e. The molecule has 0 amide bonds. The Bertz CT molecular complexity index is 2730. The summed E-state index contributed by atoms with van der Waals surface area (Å²) in [5, 5.41) is 3.58. The molecule has 0 N–H and O–H groups in total. The second-order valence-corrected chi connectivity index (χ2v) is 11.9. The summed E-state index contributed by atoms with van der Waals surface area (Å²) >= 11 is 0. The van der Waals surface area contributed by atoms with Crippen LogP contribution in [0, 0.1) is 0 Å². The quantitative estimate of drug-likeness (QED) is 0.179. The maximum atomic E-state index is 13.9. The van der Waals surface area contributed by atoms with Crippen molar-refractivity contribution in [3.05, 3.63) is 156 Å². The molecule has 0 atom stereocenters. The fourth-order valence-electron chi connectivity index (χ4n) is 7.39. The average Bonchev–Trinajstić information content (AvgIpc) is 3.45. The molecule has 0 radical (unpaired) electrons. The van der Waals surface area contributed by atoms with E-state index in [1.165, 1.54) is 10.8 Å². The van der Waals surface area contributed by atoms with Gasteiger partial charge in [-0.25, -0.2) is 0 Å². The number of hydrogen-bond acceptors (Lipinski definition) is 3. The van der Waals surface area contributed by atoms with E-state index < -0.39 is 0 Å². The zero-order valence-electron chi connectivity index (χ0n) is 24.6. The summed E-state index contributed by atoms with van der Waals surface area (Å²) < 4.78 is 8.71. The number of benzene rings is 6. The molecule has 0 aliphatic heterocycles. The van der Waals surface area contributed by atoms with Crippen LogP contribution in [0.15, 0.2) is 155 Å². The maximum absolute atomic E-state index is 13.9. The lowest BCUT2D eigenvalue weighted by Gasteiger charge is -2.23. The molecule has 6 aromatic carbocycles. The Morgan fingerprint density at radius 3 is 1.85 bits per heavy atom. The molecule has 10 rings (SSSR count). The normalized spacial score (nSPS) is 12.0. The summed E-state index contributed by atoms with van der Waals surface area (Å²) in [5.74, 6) is 0. The summed E-state index contributed by atoms with van der Waals surface area (Å²) in [6.45, 7) is 0. The number of aromatic nitrogens is 2. The van der Waals surface area contributed by atoms with E-state index in [0.717, 1.165) is 61.4 Å². The van der Waals surface area contributed by atoms with E-state index in [4.69, 9.17) is 9.40 Å². The monoisotopic (exact) mass is 588 g/mol. The van der Waals surface area contributed by atoms with Crippen LogP contribution >= 0.6 is 0 Å². The van der Waals surface area contributed by atoms with Gasteiger partial charge in [0.25, 0.3) is 0 Å². The molecule has 4 nitrogen and oxygen atoms in total. The first-order valence-electron chi connectivity index (χ1n) is 15.4. The Kier molecular flexibility index (Phi) is 5.11.